The van der Waals surface area contributed by atoms with E-state index in [1.54, 1.807) is 30.3 Å². The average Bonchev–Trinajstić information content (AvgIpc) is 2.57. The van der Waals surface area contributed by atoms with Crippen LogP contribution in [0.25, 0.3) is 0 Å². The van der Waals surface area contributed by atoms with Crippen molar-refractivity contribution in [3.8, 4) is 5.75 Å². The lowest BCUT2D eigenvalue weighted by Gasteiger charge is -2.13. The maximum atomic E-state index is 11.9. The average molecular weight is 366 g/mol. The standard InChI is InChI=1S/C17H17Cl2N3O2/c1-3-11(2)24-15-7-6-12(9-14(15)18)10-21-22-17(23)13-5-4-8-20-16(13)19/h4-11H,3H2,1-2H3,(H,22,23). The largest absolute Gasteiger partial charge is 0.489 e. The lowest BCUT2D eigenvalue weighted by molar-refractivity contribution is 0.0955. The van der Waals surface area contributed by atoms with Gasteiger partial charge in [-0.15, -0.1) is 0 Å². The van der Waals surface area contributed by atoms with Crippen LogP contribution in [-0.4, -0.2) is 23.2 Å². The highest BCUT2D eigenvalue weighted by molar-refractivity contribution is 6.32. The molecule has 0 saturated carbocycles. The lowest BCUT2D eigenvalue weighted by Crippen LogP contribution is -2.18. The number of nitrogens with zero attached hydrogens (tertiary/aromatic N) is 2. The zero-order valence-electron chi connectivity index (χ0n) is 13.3. The molecule has 0 saturated heterocycles. The van der Waals surface area contributed by atoms with Gasteiger partial charge in [-0.2, -0.15) is 5.10 Å². The maximum absolute atomic E-state index is 11.9. The number of hydrogen-bond donors (Lipinski definition) is 1. The van der Waals surface area contributed by atoms with Crippen molar-refractivity contribution >= 4 is 35.3 Å². The first-order valence-corrected chi connectivity index (χ1v) is 8.17. The van der Waals surface area contributed by atoms with Gasteiger partial charge in [-0.05, 0) is 49.2 Å². The number of halogens is 2. The Morgan fingerprint density at radius 1 is 1.42 bits per heavy atom. The Kier molecular flexibility index (Phi) is 6.58. The summed E-state index contributed by atoms with van der Waals surface area (Å²) in [6, 6.07) is 8.48. The number of hydrazone groups is 1. The van der Waals surface area contributed by atoms with Crippen molar-refractivity contribution in [1.29, 1.82) is 0 Å². The summed E-state index contributed by atoms with van der Waals surface area (Å²) in [5.41, 5.74) is 3.38. The molecule has 1 aromatic heterocycles. The van der Waals surface area contributed by atoms with E-state index in [1.807, 2.05) is 13.8 Å². The molecule has 24 heavy (non-hydrogen) atoms. The van der Waals surface area contributed by atoms with Crippen molar-refractivity contribution < 1.29 is 9.53 Å². The molecule has 0 aliphatic carbocycles. The summed E-state index contributed by atoms with van der Waals surface area (Å²) in [6.07, 6.45) is 3.97. The molecular weight excluding hydrogens is 349 g/mol. The van der Waals surface area contributed by atoms with E-state index in [2.05, 4.69) is 15.5 Å². The van der Waals surface area contributed by atoms with Gasteiger partial charge in [0, 0.05) is 6.20 Å². The predicted molar refractivity (Wildman–Crippen MR) is 96.1 cm³/mol. The molecule has 1 aromatic carbocycles. The summed E-state index contributed by atoms with van der Waals surface area (Å²) >= 11 is 12.0. The molecule has 0 spiro atoms. The van der Waals surface area contributed by atoms with Gasteiger partial charge < -0.3 is 4.74 Å². The van der Waals surface area contributed by atoms with Crippen LogP contribution in [0.5, 0.6) is 5.75 Å². The minimum atomic E-state index is -0.438. The van der Waals surface area contributed by atoms with Crippen molar-refractivity contribution in [3.63, 3.8) is 0 Å². The second-order valence-electron chi connectivity index (χ2n) is 5.07. The Labute approximate surface area is 150 Å². The van der Waals surface area contributed by atoms with Gasteiger partial charge in [-0.25, -0.2) is 10.4 Å². The summed E-state index contributed by atoms with van der Waals surface area (Å²) in [5, 5.41) is 4.51. The second-order valence-corrected chi connectivity index (χ2v) is 5.83. The van der Waals surface area contributed by atoms with Crippen molar-refractivity contribution in [2.24, 2.45) is 5.10 Å². The molecule has 2 rings (SSSR count). The van der Waals surface area contributed by atoms with E-state index >= 15 is 0 Å². The second kappa shape index (κ2) is 8.66. The molecule has 1 unspecified atom stereocenters. The molecule has 1 heterocycles. The van der Waals surface area contributed by atoms with Gasteiger partial charge in [0.25, 0.3) is 5.91 Å². The topological polar surface area (TPSA) is 63.6 Å². The van der Waals surface area contributed by atoms with Gasteiger partial charge in [0.15, 0.2) is 0 Å². The minimum Gasteiger partial charge on any atom is -0.489 e. The summed E-state index contributed by atoms with van der Waals surface area (Å²) in [5.74, 6) is 0.182. The number of aromatic nitrogens is 1. The van der Waals surface area contributed by atoms with Crippen LogP contribution in [0.15, 0.2) is 41.6 Å². The fourth-order valence-electron chi connectivity index (χ4n) is 1.77. The van der Waals surface area contributed by atoms with Gasteiger partial charge in [-0.3, -0.25) is 4.79 Å². The zero-order chi connectivity index (χ0) is 17.5. The van der Waals surface area contributed by atoms with Gasteiger partial charge in [0.2, 0.25) is 0 Å². The molecule has 0 fully saturated rings. The normalized spacial score (nSPS) is 12.2. The molecule has 0 aliphatic rings. The molecule has 7 heteroatoms. The highest BCUT2D eigenvalue weighted by Gasteiger charge is 2.09. The molecule has 0 radical (unpaired) electrons. The highest BCUT2D eigenvalue weighted by Crippen LogP contribution is 2.26. The van der Waals surface area contributed by atoms with Crippen LogP contribution >= 0.6 is 23.2 Å². The van der Waals surface area contributed by atoms with Crippen molar-refractivity contribution in [2.45, 2.75) is 26.4 Å². The van der Waals surface area contributed by atoms with Crippen molar-refractivity contribution in [2.75, 3.05) is 0 Å². The Balaban J connectivity index is 2.01. The van der Waals surface area contributed by atoms with Crippen LogP contribution in [0.2, 0.25) is 10.2 Å². The summed E-state index contributed by atoms with van der Waals surface area (Å²) in [6.45, 7) is 4.02. The van der Waals surface area contributed by atoms with E-state index in [0.717, 1.165) is 12.0 Å². The summed E-state index contributed by atoms with van der Waals surface area (Å²) < 4.78 is 5.70. The molecular formula is C17H17Cl2N3O2. The SMILES string of the molecule is CCC(C)Oc1ccc(C=NNC(=O)c2cccnc2Cl)cc1Cl. The zero-order valence-corrected chi connectivity index (χ0v) is 14.8. The molecule has 2 aromatic rings. The van der Waals surface area contributed by atoms with Crippen molar-refractivity contribution in [1.82, 2.24) is 10.4 Å². The van der Waals surface area contributed by atoms with Crippen LogP contribution in [0, 0.1) is 0 Å². The number of carbonyl (C=O) groups is 1. The fourth-order valence-corrected chi connectivity index (χ4v) is 2.21. The smallest absolute Gasteiger partial charge is 0.274 e. The Morgan fingerprint density at radius 3 is 2.88 bits per heavy atom. The van der Waals surface area contributed by atoms with E-state index < -0.39 is 5.91 Å². The van der Waals surface area contributed by atoms with Crippen LogP contribution in [0.1, 0.15) is 36.2 Å². The molecule has 1 amide bonds. The van der Waals surface area contributed by atoms with E-state index in [1.165, 1.54) is 12.4 Å². The highest BCUT2D eigenvalue weighted by atomic mass is 35.5. The fraction of sp³-hybridized carbons (Fsp3) is 0.235. The minimum absolute atomic E-state index is 0.0885. The molecule has 1 N–H and O–H groups in total. The Hall–Kier alpha value is -2.11. The summed E-state index contributed by atoms with van der Waals surface area (Å²) in [4.78, 5) is 15.8. The van der Waals surface area contributed by atoms with Crippen LogP contribution in [-0.2, 0) is 0 Å². The monoisotopic (exact) mass is 365 g/mol. The number of rotatable bonds is 6. The Morgan fingerprint density at radius 2 is 2.21 bits per heavy atom. The molecule has 5 nitrogen and oxygen atoms in total. The van der Waals surface area contributed by atoms with Gasteiger partial charge in [-0.1, -0.05) is 30.1 Å². The molecule has 0 aliphatic heterocycles. The third-order valence-electron chi connectivity index (χ3n) is 3.24. The quantitative estimate of drug-likeness (QED) is 0.470. The van der Waals surface area contributed by atoms with E-state index in [-0.39, 0.29) is 16.8 Å². The number of nitrogens with one attached hydrogen (secondary N) is 1. The molecule has 1 atom stereocenters. The first-order valence-electron chi connectivity index (χ1n) is 7.41. The number of benzene rings is 1. The predicted octanol–water partition coefficient (Wildman–Crippen LogP) is 4.33. The Bertz CT molecular complexity index is 750. The number of hydrogen-bond acceptors (Lipinski definition) is 4. The third kappa shape index (κ3) is 4.94. The van der Waals surface area contributed by atoms with Crippen LogP contribution in [0.4, 0.5) is 0 Å². The number of ether oxygens (including phenoxy) is 1. The van der Waals surface area contributed by atoms with Crippen molar-refractivity contribution in [3.05, 3.63) is 57.8 Å². The van der Waals surface area contributed by atoms with E-state index in [0.29, 0.717) is 10.8 Å². The van der Waals surface area contributed by atoms with Crippen LogP contribution < -0.4 is 10.2 Å². The molecule has 0 bridgehead atoms. The first kappa shape index (κ1) is 18.2. The number of carbonyl (C=O) groups excluding carboxylic acids is 1. The van der Waals surface area contributed by atoms with E-state index in [4.69, 9.17) is 27.9 Å². The third-order valence-corrected chi connectivity index (χ3v) is 3.84. The van der Waals surface area contributed by atoms with Gasteiger partial charge in [0.1, 0.15) is 10.9 Å². The number of amides is 1. The molecule has 126 valence electrons. The first-order chi connectivity index (χ1) is 11.5. The van der Waals surface area contributed by atoms with Gasteiger partial charge in [0.05, 0.1) is 22.9 Å². The van der Waals surface area contributed by atoms with Crippen LogP contribution in [0.3, 0.4) is 0 Å². The summed E-state index contributed by atoms with van der Waals surface area (Å²) in [7, 11) is 0. The lowest BCUT2D eigenvalue weighted by atomic mass is 10.2. The number of pyridine rings is 1. The van der Waals surface area contributed by atoms with E-state index in [9.17, 15) is 4.79 Å². The maximum Gasteiger partial charge on any atom is 0.274 e. The van der Waals surface area contributed by atoms with Gasteiger partial charge >= 0.3 is 0 Å².